The number of nitrogens with zero attached hydrogens (tertiary/aromatic N) is 3. The summed E-state index contributed by atoms with van der Waals surface area (Å²) in [6.45, 7) is -0.985. The third kappa shape index (κ3) is 2.92. The molecule has 19 heavy (non-hydrogen) atoms. The highest BCUT2D eigenvalue weighted by Gasteiger charge is 2.50. The molecule has 0 bridgehead atoms. The van der Waals surface area contributed by atoms with Gasteiger partial charge in [0.15, 0.2) is 5.82 Å². The number of carbonyl (C=O) groups is 2. The first-order valence-corrected chi connectivity index (χ1v) is 5.33. The van der Waals surface area contributed by atoms with E-state index in [1.807, 2.05) is 0 Å². The van der Waals surface area contributed by atoms with Crippen LogP contribution in [-0.4, -0.2) is 50.5 Å². The van der Waals surface area contributed by atoms with Crippen LogP contribution >= 0.6 is 0 Å². The zero-order valence-electron chi connectivity index (χ0n) is 9.58. The fourth-order valence-corrected chi connectivity index (χ4v) is 1.83. The lowest BCUT2D eigenvalue weighted by atomic mass is 10.2. The molecule has 1 fully saturated rings. The third-order valence-corrected chi connectivity index (χ3v) is 2.63. The Labute approximate surface area is 106 Å². The first-order valence-electron chi connectivity index (χ1n) is 5.33. The topological polar surface area (TPSA) is 95.4 Å². The summed E-state index contributed by atoms with van der Waals surface area (Å²) in [5, 5.41) is 11.1. The van der Waals surface area contributed by atoms with Crippen molar-refractivity contribution in [2.45, 2.75) is 18.4 Å². The number of alkyl halides is 2. The molecule has 1 aliphatic rings. The Morgan fingerprint density at radius 3 is 2.79 bits per heavy atom. The molecule has 2 rings (SSSR count). The molecule has 1 aromatic rings. The van der Waals surface area contributed by atoms with Crippen LogP contribution in [0.3, 0.4) is 0 Å². The molecule has 1 saturated heterocycles. The minimum absolute atomic E-state index is 0.0769. The summed E-state index contributed by atoms with van der Waals surface area (Å²) < 4.78 is 26.4. The van der Waals surface area contributed by atoms with Gasteiger partial charge in [-0.2, -0.15) is 0 Å². The minimum atomic E-state index is -3.21. The molecule has 0 radical (unpaired) electrons. The SMILES string of the molecule is O=C(Nc1cnccn1)C1CC(F)(F)CN1C(=O)O. The largest absolute Gasteiger partial charge is 0.465 e. The van der Waals surface area contributed by atoms with Gasteiger partial charge in [0, 0.05) is 18.8 Å². The molecule has 0 saturated carbocycles. The van der Waals surface area contributed by atoms with E-state index in [0.29, 0.717) is 4.90 Å². The number of amides is 2. The molecule has 0 aliphatic carbocycles. The minimum Gasteiger partial charge on any atom is -0.465 e. The molecule has 1 atom stereocenters. The Morgan fingerprint density at radius 2 is 2.21 bits per heavy atom. The van der Waals surface area contributed by atoms with E-state index in [1.165, 1.54) is 18.6 Å². The Morgan fingerprint density at radius 1 is 1.47 bits per heavy atom. The van der Waals surface area contributed by atoms with Gasteiger partial charge < -0.3 is 10.4 Å². The molecule has 9 heteroatoms. The van der Waals surface area contributed by atoms with Crippen molar-refractivity contribution in [1.82, 2.24) is 14.9 Å². The van der Waals surface area contributed by atoms with Crippen LogP contribution < -0.4 is 5.32 Å². The van der Waals surface area contributed by atoms with E-state index in [0.717, 1.165) is 0 Å². The number of rotatable bonds is 2. The van der Waals surface area contributed by atoms with Crippen molar-refractivity contribution < 1.29 is 23.5 Å². The third-order valence-electron chi connectivity index (χ3n) is 2.63. The van der Waals surface area contributed by atoms with Crippen molar-refractivity contribution in [3.05, 3.63) is 18.6 Å². The fraction of sp³-hybridized carbons (Fsp3) is 0.400. The van der Waals surface area contributed by atoms with Gasteiger partial charge in [-0.1, -0.05) is 0 Å². The summed E-state index contributed by atoms with van der Waals surface area (Å²) in [6.07, 6.45) is 1.52. The maximum Gasteiger partial charge on any atom is 0.408 e. The lowest BCUT2D eigenvalue weighted by Gasteiger charge is -2.19. The molecular weight excluding hydrogens is 262 g/mol. The molecule has 1 unspecified atom stereocenters. The summed E-state index contributed by atoms with van der Waals surface area (Å²) in [5.74, 6) is -3.98. The van der Waals surface area contributed by atoms with Crippen molar-refractivity contribution in [1.29, 1.82) is 0 Å². The van der Waals surface area contributed by atoms with Crippen molar-refractivity contribution in [3.63, 3.8) is 0 Å². The maximum atomic E-state index is 13.2. The standard InChI is InChI=1S/C10H10F2N4O3/c11-10(12)3-6(16(5-10)9(18)19)8(17)15-7-4-13-1-2-14-7/h1-2,4,6H,3,5H2,(H,18,19)(H,14,15,17). The number of hydrogen-bond donors (Lipinski definition) is 2. The smallest absolute Gasteiger partial charge is 0.408 e. The van der Waals surface area contributed by atoms with E-state index < -0.39 is 36.9 Å². The van der Waals surface area contributed by atoms with E-state index in [4.69, 9.17) is 5.11 Å². The van der Waals surface area contributed by atoms with Gasteiger partial charge in [-0.05, 0) is 0 Å². The molecular formula is C10H10F2N4O3. The average molecular weight is 272 g/mol. The summed E-state index contributed by atoms with van der Waals surface area (Å²) in [5.41, 5.74) is 0. The zero-order chi connectivity index (χ0) is 14.0. The van der Waals surface area contributed by atoms with E-state index in [-0.39, 0.29) is 5.82 Å². The highest BCUT2D eigenvalue weighted by molar-refractivity contribution is 5.96. The Kier molecular flexibility index (Phi) is 3.28. The van der Waals surface area contributed by atoms with Gasteiger partial charge in [-0.25, -0.2) is 18.6 Å². The predicted molar refractivity (Wildman–Crippen MR) is 58.7 cm³/mol. The molecule has 102 valence electrons. The van der Waals surface area contributed by atoms with Gasteiger partial charge in [-0.3, -0.25) is 14.7 Å². The highest BCUT2D eigenvalue weighted by Crippen LogP contribution is 2.32. The van der Waals surface area contributed by atoms with Crippen molar-refractivity contribution in [3.8, 4) is 0 Å². The van der Waals surface area contributed by atoms with Crippen molar-refractivity contribution in [2.75, 3.05) is 11.9 Å². The number of halogens is 2. The summed E-state index contributed by atoms with van der Waals surface area (Å²) in [7, 11) is 0. The molecule has 1 aliphatic heterocycles. The van der Waals surface area contributed by atoms with Gasteiger partial charge in [0.2, 0.25) is 5.91 Å². The Bertz CT molecular complexity index is 497. The number of carbonyl (C=O) groups excluding carboxylic acids is 1. The maximum absolute atomic E-state index is 13.2. The van der Waals surface area contributed by atoms with Gasteiger partial charge in [0.25, 0.3) is 5.92 Å². The molecule has 0 aromatic carbocycles. The van der Waals surface area contributed by atoms with Crippen molar-refractivity contribution >= 4 is 17.8 Å². The molecule has 1 aromatic heterocycles. The zero-order valence-corrected chi connectivity index (χ0v) is 9.58. The van der Waals surface area contributed by atoms with Gasteiger partial charge in [0.1, 0.15) is 6.04 Å². The van der Waals surface area contributed by atoms with Gasteiger partial charge in [0.05, 0.1) is 12.7 Å². The van der Waals surface area contributed by atoms with E-state index >= 15 is 0 Å². The summed E-state index contributed by atoms with van der Waals surface area (Å²) in [6, 6.07) is -1.44. The normalized spacial score (nSPS) is 21.2. The van der Waals surface area contributed by atoms with Crippen LogP contribution in [0.15, 0.2) is 18.6 Å². The predicted octanol–water partition coefficient (Wildman–Crippen LogP) is 0.803. The van der Waals surface area contributed by atoms with E-state index in [9.17, 15) is 18.4 Å². The lowest BCUT2D eigenvalue weighted by molar-refractivity contribution is -0.120. The van der Waals surface area contributed by atoms with E-state index in [2.05, 4.69) is 15.3 Å². The summed E-state index contributed by atoms with van der Waals surface area (Å²) in [4.78, 5) is 30.5. The molecule has 0 spiro atoms. The number of nitrogens with one attached hydrogen (secondary N) is 1. The number of anilines is 1. The van der Waals surface area contributed by atoms with Gasteiger partial charge in [-0.15, -0.1) is 0 Å². The lowest BCUT2D eigenvalue weighted by Crippen LogP contribution is -2.42. The van der Waals surface area contributed by atoms with Crippen LogP contribution in [0.25, 0.3) is 0 Å². The number of carboxylic acid groups (broad SMARTS) is 1. The molecule has 2 N–H and O–H groups in total. The van der Waals surface area contributed by atoms with Crippen LogP contribution in [0.1, 0.15) is 6.42 Å². The van der Waals surface area contributed by atoms with Crippen LogP contribution in [0.5, 0.6) is 0 Å². The Hall–Kier alpha value is -2.32. The molecule has 2 heterocycles. The number of likely N-dealkylation sites (tertiary alicyclic amines) is 1. The second-order valence-corrected chi connectivity index (χ2v) is 4.07. The number of hydrogen-bond acceptors (Lipinski definition) is 4. The fourth-order valence-electron chi connectivity index (χ4n) is 1.83. The van der Waals surface area contributed by atoms with E-state index in [1.54, 1.807) is 0 Å². The van der Waals surface area contributed by atoms with Crippen molar-refractivity contribution in [2.24, 2.45) is 0 Å². The second kappa shape index (κ2) is 4.75. The first kappa shape index (κ1) is 13.1. The highest BCUT2D eigenvalue weighted by atomic mass is 19.3. The summed E-state index contributed by atoms with van der Waals surface area (Å²) >= 11 is 0. The first-order chi connectivity index (χ1) is 8.89. The van der Waals surface area contributed by atoms with Crippen LogP contribution in [0, 0.1) is 0 Å². The molecule has 2 amide bonds. The van der Waals surface area contributed by atoms with Crippen LogP contribution in [0.4, 0.5) is 19.4 Å². The van der Waals surface area contributed by atoms with Gasteiger partial charge >= 0.3 is 6.09 Å². The second-order valence-electron chi connectivity index (χ2n) is 4.07. The van der Waals surface area contributed by atoms with Crippen LogP contribution in [0.2, 0.25) is 0 Å². The monoisotopic (exact) mass is 272 g/mol. The van der Waals surface area contributed by atoms with Crippen LogP contribution in [-0.2, 0) is 4.79 Å². The quantitative estimate of drug-likeness (QED) is 0.830. The molecule has 7 nitrogen and oxygen atoms in total. The Balaban J connectivity index is 2.11. The number of aromatic nitrogens is 2. The average Bonchev–Trinajstić information content (AvgIpc) is 2.67.